The van der Waals surface area contributed by atoms with Crippen LogP contribution in [0.25, 0.3) is 0 Å². The van der Waals surface area contributed by atoms with Gasteiger partial charge in [-0.05, 0) is 36.9 Å². The fourth-order valence-corrected chi connectivity index (χ4v) is 2.87. The van der Waals surface area contributed by atoms with Crippen LogP contribution >= 0.6 is 11.3 Å². The van der Waals surface area contributed by atoms with Crippen molar-refractivity contribution in [2.75, 3.05) is 7.05 Å². The van der Waals surface area contributed by atoms with E-state index in [2.05, 4.69) is 44.6 Å². The Morgan fingerprint density at radius 1 is 1.36 bits per heavy atom. The fraction of sp³-hybridized carbons (Fsp3) is 0.667. The van der Waals surface area contributed by atoms with Gasteiger partial charge < -0.3 is 5.32 Å². The number of aryl methyl sites for hydroxylation is 1. The predicted octanol–water partition coefficient (Wildman–Crippen LogP) is 3.75. The lowest BCUT2D eigenvalue weighted by Crippen LogP contribution is -2.24. The van der Waals surface area contributed by atoms with E-state index in [9.17, 15) is 0 Å². The van der Waals surface area contributed by atoms with Crippen LogP contribution in [0, 0.1) is 12.8 Å². The first-order chi connectivity index (χ1) is 6.74. The van der Waals surface area contributed by atoms with Crippen molar-refractivity contribution in [3.63, 3.8) is 0 Å². The lowest BCUT2D eigenvalue weighted by Gasteiger charge is -2.25. The first-order valence-corrected chi connectivity index (χ1v) is 6.33. The molecule has 0 bridgehead atoms. The lowest BCUT2D eigenvalue weighted by molar-refractivity contribution is 0.359. The first kappa shape index (κ1) is 11.7. The van der Waals surface area contributed by atoms with Crippen LogP contribution in [0.15, 0.2) is 11.4 Å². The molecule has 0 spiro atoms. The molecule has 1 atom stereocenters. The molecule has 1 aromatic rings. The van der Waals surface area contributed by atoms with Crippen molar-refractivity contribution in [1.82, 2.24) is 5.32 Å². The van der Waals surface area contributed by atoms with E-state index < -0.39 is 0 Å². The molecule has 0 saturated heterocycles. The maximum atomic E-state index is 3.45. The van der Waals surface area contributed by atoms with E-state index >= 15 is 0 Å². The second-order valence-electron chi connectivity index (χ2n) is 3.78. The van der Waals surface area contributed by atoms with Crippen molar-refractivity contribution in [2.24, 2.45) is 5.92 Å². The highest BCUT2D eigenvalue weighted by molar-refractivity contribution is 7.10. The normalized spacial score (nSPS) is 13.5. The maximum Gasteiger partial charge on any atom is 0.0356 e. The van der Waals surface area contributed by atoms with Crippen molar-refractivity contribution < 1.29 is 0 Å². The van der Waals surface area contributed by atoms with Crippen molar-refractivity contribution in [2.45, 2.75) is 39.7 Å². The Morgan fingerprint density at radius 2 is 2.00 bits per heavy atom. The third-order valence-corrected chi connectivity index (χ3v) is 3.93. The van der Waals surface area contributed by atoms with Crippen LogP contribution in [0.3, 0.4) is 0 Å². The van der Waals surface area contributed by atoms with Crippen molar-refractivity contribution in [1.29, 1.82) is 0 Å². The molecule has 1 unspecified atom stereocenters. The van der Waals surface area contributed by atoms with Gasteiger partial charge in [-0.1, -0.05) is 26.7 Å². The van der Waals surface area contributed by atoms with E-state index in [0.717, 1.165) is 5.92 Å². The Kier molecular flexibility index (Phi) is 4.63. The van der Waals surface area contributed by atoms with Gasteiger partial charge in [0.15, 0.2) is 0 Å². The summed E-state index contributed by atoms with van der Waals surface area (Å²) in [5, 5.41) is 5.65. The highest BCUT2D eigenvalue weighted by atomic mass is 32.1. The molecule has 14 heavy (non-hydrogen) atoms. The Bertz CT molecular complexity index is 263. The van der Waals surface area contributed by atoms with Gasteiger partial charge in [0.05, 0.1) is 0 Å². The van der Waals surface area contributed by atoms with Gasteiger partial charge in [-0.3, -0.25) is 0 Å². The Balaban J connectivity index is 2.86. The Morgan fingerprint density at radius 3 is 2.36 bits per heavy atom. The molecule has 1 heterocycles. The van der Waals surface area contributed by atoms with E-state index in [0.29, 0.717) is 6.04 Å². The summed E-state index contributed by atoms with van der Waals surface area (Å²) in [7, 11) is 2.07. The summed E-state index contributed by atoms with van der Waals surface area (Å²) in [4.78, 5) is 1.45. The molecule has 0 aliphatic heterocycles. The van der Waals surface area contributed by atoms with Gasteiger partial charge in [0.2, 0.25) is 0 Å². The van der Waals surface area contributed by atoms with Gasteiger partial charge in [-0.15, -0.1) is 11.3 Å². The summed E-state index contributed by atoms with van der Waals surface area (Å²) in [6, 6.07) is 2.80. The zero-order valence-corrected chi connectivity index (χ0v) is 10.4. The minimum Gasteiger partial charge on any atom is -0.313 e. The quantitative estimate of drug-likeness (QED) is 0.782. The SMILES string of the molecule is CCC(CC)C(NC)c1ccsc1C. The van der Waals surface area contributed by atoms with Crippen molar-refractivity contribution in [3.05, 3.63) is 21.9 Å². The van der Waals surface area contributed by atoms with Gasteiger partial charge in [-0.25, -0.2) is 0 Å². The molecule has 1 N–H and O–H groups in total. The molecule has 0 radical (unpaired) electrons. The Hall–Kier alpha value is -0.340. The summed E-state index contributed by atoms with van der Waals surface area (Å²) in [6.07, 6.45) is 2.49. The molecule has 0 amide bonds. The van der Waals surface area contributed by atoms with Gasteiger partial charge in [0.25, 0.3) is 0 Å². The molecule has 80 valence electrons. The van der Waals surface area contributed by atoms with Crippen LogP contribution in [0.2, 0.25) is 0 Å². The highest BCUT2D eigenvalue weighted by Crippen LogP contribution is 2.31. The zero-order valence-electron chi connectivity index (χ0n) is 9.63. The molecule has 0 aliphatic carbocycles. The first-order valence-electron chi connectivity index (χ1n) is 5.45. The second-order valence-corrected chi connectivity index (χ2v) is 4.90. The fourth-order valence-electron chi connectivity index (χ4n) is 2.12. The number of thiophene rings is 1. The van der Waals surface area contributed by atoms with Crippen LogP contribution in [0.4, 0.5) is 0 Å². The third kappa shape index (κ3) is 2.37. The molecule has 0 saturated carbocycles. The lowest BCUT2D eigenvalue weighted by atomic mass is 9.89. The number of nitrogens with one attached hydrogen (secondary N) is 1. The molecular weight excluding hydrogens is 190 g/mol. The van der Waals surface area contributed by atoms with Gasteiger partial charge >= 0.3 is 0 Å². The average molecular weight is 211 g/mol. The molecule has 0 fully saturated rings. The topological polar surface area (TPSA) is 12.0 Å². The summed E-state index contributed by atoms with van der Waals surface area (Å²) in [6.45, 7) is 6.77. The van der Waals surface area contributed by atoms with Crippen molar-refractivity contribution >= 4 is 11.3 Å². The number of rotatable bonds is 5. The smallest absolute Gasteiger partial charge is 0.0356 e. The van der Waals surface area contributed by atoms with Crippen LogP contribution in [0.1, 0.15) is 43.2 Å². The van der Waals surface area contributed by atoms with Gasteiger partial charge in [0.1, 0.15) is 0 Å². The molecule has 1 aromatic heterocycles. The number of hydrogen-bond donors (Lipinski definition) is 1. The van der Waals surface area contributed by atoms with Gasteiger partial charge in [0, 0.05) is 10.9 Å². The standard InChI is InChI=1S/C12H21NS/c1-5-10(6-2)12(13-4)11-7-8-14-9(11)3/h7-8,10,12-13H,5-6H2,1-4H3. The molecule has 1 nitrogen and oxygen atoms in total. The second kappa shape index (κ2) is 5.52. The maximum absolute atomic E-state index is 3.45. The molecule has 0 aromatic carbocycles. The van der Waals surface area contributed by atoms with E-state index in [1.807, 2.05) is 11.3 Å². The van der Waals surface area contributed by atoms with Crippen LogP contribution < -0.4 is 5.32 Å². The monoisotopic (exact) mass is 211 g/mol. The summed E-state index contributed by atoms with van der Waals surface area (Å²) < 4.78 is 0. The molecule has 1 rings (SSSR count). The molecule has 2 heteroatoms. The van der Waals surface area contributed by atoms with E-state index in [4.69, 9.17) is 0 Å². The minimum absolute atomic E-state index is 0.538. The zero-order chi connectivity index (χ0) is 10.6. The predicted molar refractivity (Wildman–Crippen MR) is 64.9 cm³/mol. The van der Waals surface area contributed by atoms with Crippen LogP contribution in [-0.4, -0.2) is 7.05 Å². The molecular formula is C12H21NS. The summed E-state index contributed by atoms with van der Waals surface area (Å²) in [5.41, 5.74) is 1.49. The van der Waals surface area contributed by atoms with Crippen LogP contribution in [-0.2, 0) is 0 Å². The van der Waals surface area contributed by atoms with E-state index in [-0.39, 0.29) is 0 Å². The highest BCUT2D eigenvalue weighted by Gasteiger charge is 2.20. The third-order valence-electron chi connectivity index (χ3n) is 3.07. The van der Waals surface area contributed by atoms with Crippen molar-refractivity contribution in [3.8, 4) is 0 Å². The summed E-state index contributed by atoms with van der Waals surface area (Å²) in [5.74, 6) is 0.758. The van der Waals surface area contributed by atoms with E-state index in [1.54, 1.807) is 0 Å². The minimum atomic E-state index is 0.538. The molecule has 0 aliphatic rings. The van der Waals surface area contributed by atoms with Gasteiger partial charge in [-0.2, -0.15) is 0 Å². The summed E-state index contributed by atoms with van der Waals surface area (Å²) >= 11 is 1.85. The Labute approximate surface area is 91.5 Å². The van der Waals surface area contributed by atoms with Crippen LogP contribution in [0.5, 0.6) is 0 Å². The average Bonchev–Trinajstić information content (AvgIpc) is 2.61. The number of hydrogen-bond acceptors (Lipinski definition) is 2. The largest absolute Gasteiger partial charge is 0.313 e. The van der Waals surface area contributed by atoms with E-state index in [1.165, 1.54) is 23.3 Å².